The second kappa shape index (κ2) is 8.70. The molecule has 0 bridgehead atoms. The Morgan fingerprint density at radius 3 is 2.25 bits per heavy atom. The van der Waals surface area contributed by atoms with Crippen molar-refractivity contribution in [2.45, 2.75) is 19.9 Å². The molecule has 2 heterocycles. The minimum Gasteiger partial charge on any atom is -0.486 e. The lowest BCUT2D eigenvalue weighted by Gasteiger charge is -2.27. The largest absolute Gasteiger partial charge is 0.486 e. The quantitative estimate of drug-likeness (QED) is 0.544. The first-order chi connectivity index (χ1) is 15.4. The Bertz CT molecular complexity index is 1060. The van der Waals surface area contributed by atoms with Crippen molar-refractivity contribution in [1.29, 1.82) is 0 Å². The summed E-state index contributed by atoms with van der Waals surface area (Å²) in [4.78, 5) is 51.5. The number of ether oxygens (including phenoxy) is 3. The Kier molecular flexibility index (Phi) is 5.81. The van der Waals surface area contributed by atoms with Crippen molar-refractivity contribution < 1.29 is 33.4 Å². The van der Waals surface area contributed by atoms with Gasteiger partial charge in [-0.15, -0.1) is 0 Å². The first-order valence-corrected chi connectivity index (χ1v) is 10.2. The highest BCUT2D eigenvalue weighted by Gasteiger charge is 2.44. The number of fused-ring (bicyclic) bond motifs is 2. The van der Waals surface area contributed by atoms with Crippen LogP contribution in [-0.2, 0) is 14.3 Å². The van der Waals surface area contributed by atoms with E-state index >= 15 is 0 Å². The van der Waals surface area contributed by atoms with Crippen LogP contribution in [0.3, 0.4) is 0 Å². The normalized spacial score (nSPS) is 15.4. The molecule has 2 aliphatic rings. The zero-order valence-electron chi connectivity index (χ0n) is 17.6. The van der Waals surface area contributed by atoms with Gasteiger partial charge >= 0.3 is 5.97 Å². The summed E-state index contributed by atoms with van der Waals surface area (Å²) >= 11 is 0. The number of rotatable bonds is 6. The standard InChI is InChI=1S/C23H22N2O7/c1-13(2)20(25-21(27)15-5-3-4-6-16(15)22(25)28)23(29)32-12-19(26)24-14-7-8-17-18(11-14)31-10-9-30-17/h3-8,11,13,20H,9-10,12H2,1-2H3,(H,24,26). The van der Waals surface area contributed by atoms with E-state index in [1.165, 1.54) is 0 Å². The molecule has 0 fully saturated rings. The van der Waals surface area contributed by atoms with Gasteiger partial charge in [-0.25, -0.2) is 4.79 Å². The third-order valence-electron chi connectivity index (χ3n) is 5.15. The zero-order valence-corrected chi connectivity index (χ0v) is 17.6. The molecule has 1 atom stereocenters. The summed E-state index contributed by atoms with van der Waals surface area (Å²) in [6.07, 6.45) is 0. The molecule has 166 valence electrons. The third-order valence-corrected chi connectivity index (χ3v) is 5.15. The molecule has 0 aromatic heterocycles. The molecule has 4 rings (SSSR count). The van der Waals surface area contributed by atoms with Gasteiger partial charge in [0.25, 0.3) is 17.7 Å². The molecule has 0 spiro atoms. The van der Waals surface area contributed by atoms with E-state index in [0.717, 1.165) is 4.90 Å². The first-order valence-electron chi connectivity index (χ1n) is 10.2. The number of carbonyl (C=O) groups excluding carboxylic acids is 4. The number of esters is 1. The second-order valence-corrected chi connectivity index (χ2v) is 7.73. The highest BCUT2D eigenvalue weighted by atomic mass is 16.6. The Labute approximate surface area is 184 Å². The van der Waals surface area contributed by atoms with Gasteiger partial charge in [-0.05, 0) is 30.2 Å². The fraction of sp³-hybridized carbons (Fsp3) is 0.304. The van der Waals surface area contributed by atoms with Crippen LogP contribution in [0.2, 0.25) is 0 Å². The topological polar surface area (TPSA) is 111 Å². The molecule has 2 aliphatic heterocycles. The highest BCUT2D eigenvalue weighted by molar-refractivity contribution is 6.22. The van der Waals surface area contributed by atoms with Gasteiger partial charge in [0, 0.05) is 11.8 Å². The lowest BCUT2D eigenvalue weighted by atomic mass is 10.0. The van der Waals surface area contributed by atoms with E-state index in [1.54, 1.807) is 56.3 Å². The van der Waals surface area contributed by atoms with Crippen molar-refractivity contribution in [3.8, 4) is 11.5 Å². The molecule has 9 heteroatoms. The highest BCUT2D eigenvalue weighted by Crippen LogP contribution is 2.32. The van der Waals surface area contributed by atoms with Gasteiger partial charge in [-0.2, -0.15) is 0 Å². The molecule has 1 unspecified atom stereocenters. The summed E-state index contributed by atoms with van der Waals surface area (Å²) in [7, 11) is 0. The van der Waals surface area contributed by atoms with Crippen molar-refractivity contribution in [3.63, 3.8) is 0 Å². The number of hydrogen-bond donors (Lipinski definition) is 1. The average molecular weight is 438 g/mol. The number of anilines is 1. The molecule has 0 saturated carbocycles. The lowest BCUT2D eigenvalue weighted by Crippen LogP contribution is -2.49. The van der Waals surface area contributed by atoms with Gasteiger partial charge in [0.1, 0.15) is 19.3 Å². The van der Waals surface area contributed by atoms with E-state index in [2.05, 4.69) is 5.32 Å². The Morgan fingerprint density at radius 1 is 1.00 bits per heavy atom. The van der Waals surface area contributed by atoms with Crippen molar-refractivity contribution >= 4 is 29.4 Å². The van der Waals surface area contributed by atoms with Crippen LogP contribution in [0.4, 0.5) is 5.69 Å². The van der Waals surface area contributed by atoms with Gasteiger partial charge in [0.05, 0.1) is 11.1 Å². The van der Waals surface area contributed by atoms with Crippen molar-refractivity contribution in [1.82, 2.24) is 4.90 Å². The number of benzene rings is 2. The van der Waals surface area contributed by atoms with Crippen LogP contribution in [-0.4, -0.2) is 54.5 Å². The number of nitrogens with zero attached hydrogens (tertiary/aromatic N) is 1. The second-order valence-electron chi connectivity index (χ2n) is 7.73. The van der Waals surface area contributed by atoms with Crippen LogP contribution in [0.5, 0.6) is 11.5 Å². The average Bonchev–Trinajstić information content (AvgIpc) is 3.03. The summed E-state index contributed by atoms with van der Waals surface area (Å²) in [5, 5.41) is 2.62. The number of imide groups is 1. The van der Waals surface area contributed by atoms with Gasteiger partial charge in [0.15, 0.2) is 18.1 Å². The molecule has 0 aliphatic carbocycles. The molecule has 0 saturated heterocycles. The van der Waals surface area contributed by atoms with Crippen LogP contribution in [0, 0.1) is 5.92 Å². The van der Waals surface area contributed by atoms with Gasteiger partial charge in [0.2, 0.25) is 0 Å². The van der Waals surface area contributed by atoms with E-state index < -0.39 is 42.3 Å². The Hall–Kier alpha value is -3.88. The molecular weight excluding hydrogens is 416 g/mol. The molecule has 3 amide bonds. The molecule has 2 aromatic rings. The predicted octanol–water partition coefficient (Wildman–Crippen LogP) is 2.26. The SMILES string of the molecule is CC(C)C(C(=O)OCC(=O)Nc1ccc2c(c1)OCCO2)N1C(=O)c2ccccc2C1=O. The Morgan fingerprint density at radius 2 is 1.62 bits per heavy atom. The lowest BCUT2D eigenvalue weighted by molar-refractivity contribution is -0.152. The van der Waals surface area contributed by atoms with Crippen LogP contribution < -0.4 is 14.8 Å². The van der Waals surface area contributed by atoms with Crippen LogP contribution >= 0.6 is 0 Å². The maximum absolute atomic E-state index is 12.8. The zero-order chi connectivity index (χ0) is 22.8. The molecule has 1 N–H and O–H groups in total. The van der Waals surface area contributed by atoms with Crippen LogP contribution in [0.1, 0.15) is 34.6 Å². The van der Waals surface area contributed by atoms with Gasteiger partial charge in [-0.3, -0.25) is 19.3 Å². The number of hydrogen-bond acceptors (Lipinski definition) is 7. The van der Waals surface area contributed by atoms with Crippen molar-refractivity contribution in [3.05, 3.63) is 53.6 Å². The number of nitrogens with one attached hydrogen (secondary N) is 1. The first kappa shape index (κ1) is 21.4. The summed E-state index contributed by atoms with van der Waals surface area (Å²) in [5.74, 6) is -1.82. The summed E-state index contributed by atoms with van der Waals surface area (Å²) in [6, 6.07) is 10.2. The van der Waals surface area contributed by atoms with Crippen molar-refractivity contribution in [2.75, 3.05) is 25.1 Å². The smallest absolute Gasteiger partial charge is 0.330 e. The summed E-state index contributed by atoms with van der Waals surface area (Å²) in [5.41, 5.74) is 0.940. The number of amides is 3. The van der Waals surface area contributed by atoms with Crippen LogP contribution in [0.15, 0.2) is 42.5 Å². The van der Waals surface area contributed by atoms with E-state index in [4.69, 9.17) is 14.2 Å². The molecule has 32 heavy (non-hydrogen) atoms. The third kappa shape index (κ3) is 4.01. The number of carbonyl (C=O) groups is 4. The van der Waals surface area contributed by atoms with E-state index in [0.29, 0.717) is 30.4 Å². The maximum Gasteiger partial charge on any atom is 0.330 e. The fourth-order valence-electron chi connectivity index (χ4n) is 3.68. The molecular formula is C23H22N2O7. The van der Waals surface area contributed by atoms with E-state index in [1.807, 2.05) is 0 Å². The minimum absolute atomic E-state index is 0.243. The predicted molar refractivity (Wildman–Crippen MR) is 113 cm³/mol. The van der Waals surface area contributed by atoms with E-state index in [-0.39, 0.29) is 11.1 Å². The monoisotopic (exact) mass is 438 g/mol. The summed E-state index contributed by atoms with van der Waals surface area (Å²) < 4.78 is 16.1. The van der Waals surface area contributed by atoms with Gasteiger partial charge < -0.3 is 19.5 Å². The van der Waals surface area contributed by atoms with Gasteiger partial charge in [-0.1, -0.05) is 26.0 Å². The summed E-state index contributed by atoms with van der Waals surface area (Å²) in [6.45, 7) is 3.70. The molecule has 0 radical (unpaired) electrons. The Balaban J connectivity index is 1.40. The minimum atomic E-state index is -1.15. The van der Waals surface area contributed by atoms with E-state index in [9.17, 15) is 19.2 Å². The molecule has 2 aromatic carbocycles. The van der Waals surface area contributed by atoms with Crippen LogP contribution in [0.25, 0.3) is 0 Å². The molecule has 9 nitrogen and oxygen atoms in total. The maximum atomic E-state index is 12.8. The van der Waals surface area contributed by atoms with Crippen molar-refractivity contribution in [2.24, 2.45) is 5.92 Å². The fourth-order valence-corrected chi connectivity index (χ4v) is 3.68.